The fourth-order valence-corrected chi connectivity index (χ4v) is 10.8. The molecule has 0 saturated carbocycles. The second-order valence-electron chi connectivity index (χ2n) is 18.0. The van der Waals surface area contributed by atoms with E-state index in [0.717, 1.165) is 6.26 Å². The number of alkyl halides is 12. The molecule has 0 fully saturated rings. The summed E-state index contributed by atoms with van der Waals surface area (Å²) in [7, 11) is -3.38. The number of rotatable bonds is 16. The molecule has 4 aromatic carbocycles. The second-order valence-corrected chi connectivity index (χ2v) is 23.4. The molecule has 6 rings (SSSR count). The number of thioether (sulfide) groups is 1. The van der Waals surface area contributed by atoms with Crippen molar-refractivity contribution in [1.82, 2.24) is 30.2 Å². The summed E-state index contributed by atoms with van der Waals surface area (Å²) in [6, 6.07) is 16.7. The molecule has 0 saturated heterocycles. The topological polar surface area (TPSA) is 186 Å². The average Bonchev–Trinajstić information content (AvgIpc) is 3.96. The minimum Gasteiger partial charge on any atom is -0.349 e. The number of sulfone groups is 1. The van der Waals surface area contributed by atoms with E-state index in [1.807, 2.05) is 58.4 Å². The fraction of sp³-hybridized carbons (Fsp3) is 0.320. The number of nitrogens with zero attached hydrogens (tertiary/aromatic N) is 4. The Kier molecular flexibility index (Phi) is 21.0. The van der Waals surface area contributed by atoms with Gasteiger partial charge in [0.25, 0.3) is 23.6 Å². The molecular formula is C50H46F12I2N8O6S2. The Hall–Kier alpha value is -5.90. The zero-order chi connectivity index (χ0) is 60.0. The van der Waals surface area contributed by atoms with Gasteiger partial charge in [-0.2, -0.15) is 74.6 Å². The highest BCUT2D eigenvalue weighted by Crippen LogP contribution is 2.37. The summed E-state index contributed by atoms with van der Waals surface area (Å²) in [4.78, 5) is 52.1. The number of benzene rings is 4. The number of anilines is 2. The van der Waals surface area contributed by atoms with Gasteiger partial charge in [0.15, 0.2) is 11.4 Å². The molecule has 30 heteroatoms. The first-order chi connectivity index (χ1) is 36.9. The van der Waals surface area contributed by atoms with Crippen LogP contribution in [0.2, 0.25) is 0 Å². The van der Waals surface area contributed by atoms with Crippen molar-refractivity contribution < 1.29 is 80.3 Å². The highest BCUT2D eigenvalue weighted by molar-refractivity contribution is 14.1. The van der Waals surface area contributed by atoms with E-state index in [-0.39, 0.29) is 72.4 Å². The standard InChI is InChI=1S/C25H23F6IN4O4S.C25H23F6IN4O2S/c1-13-9-15(11-36-20(25(29,30)31)10-19(35-36)24(26,27)28)7-8-18(13)34-22(37)16-5-4-6-17(32)21(16)23(38)33-14(2)12-41(3,39)40;1-13-9-15(11-36-20(25(29,30)31)10-19(35-36)24(26,27)28)7-8-18(13)34-22(37)16-5-4-6-17(32)21(16)23(38)33-14(2)12-39-3/h4-10,14H,11-12H2,1-3H3,(H,33,38)(H,34,37);4-10,14H,11-12H2,1-3H3,(H,33,38)(H,34,37). The molecule has 80 heavy (non-hydrogen) atoms. The SMILES string of the molecule is CSCC(C)NC(=O)c1c(I)cccc1C(=O)Nc1ccc(Cn2nc(C(F)(F)F)cc2C(F)(F)F)cc1C.Cc1cc(Cn2nc(C(F)(F)F)cc2C(F)(F)F)ccc1NC(=O)c1cccc(I)c1C(=O)NC(C)CS(C)(=O)=O. The number of aromatic nitrogens is 4. The van der Waals surface area contributed by atoms with Crippen LogP contribution >= 0.6 is 56.9 Å². The first-order valence-electron chi connectivity index (χ1n) is 23.0. The lowest BCUT2D eigenvalue weighted by Gasteiger charge is -2.17. The number of hydrogen-bond donors (Lipinski definition) is 4. The zero-order valence-corrected chi connectivity index (χ0v) is 48.4. The van der Waals surface area contributed by atoms with Crippen LogP contribution in [0.5, 0.6) is 0 Å². The Morgan fingerprint density at radius 1 is 0.575 bits per heavy atom. The maximum atomic E-state index is 13.3. The van der Waals surface area contributed by atoms with Crippen molar-refractivity contribution in [2.24, 2.45) is 0 Å². The van der Waals surface area contributed by atoms with Crippen LogP contribution in [-0.4, -0.2) is 87.7 Å². The van der Waals surface area contributed by atoms with Gasteiger partial charge in [0, 0.05) is 54.7 Å². The molecule has 0 aliphatic carbocycles. The van der Waals surface area contributed by atoms with Crippen LogP contribution in [0, 0.1) is 21.0 Å². The summed E-state index contributed by atoms with van der Waals surface area (Å²) < 4.78 is 182. The highest BCUT2D eigenvalue weighted by atomic mass is 127. The van der Waals surface area contributed by atoms with Crippen molar-refractivity contribution in [1.29, 1.82) is 0 Å². The predicted molar refractivity (Wildman–Crippen MR) is 291 cm³/mol. The minimum absolute atomic E-state index is 0.0130. The van der Waals surface area contributed by atoms with Gasteiger partial charge in [0.1, 0.15) is 21.2 Å². The lowest BCUT2D eigenvalue weighted by molar-refractivity contribution is -0.145. The third-order valence-electron chi connectivity index (χ3n) is 11.2. The van der Waals surface area contributed by atoms with Crippen LogP contribution in [0.25, 0.3) is 0 Å². The van der Waals surface area contributed by atoms with Crippen LogP contribution in [0.15, 0.2) is 84.9 Å². The molecule has 0 aliphatic heterocycles. The van der Waals surface area contributed by atoms with Gasteiger partial charge in [0.2, 0.25) is 0 Å². The number of halogens is 14. The van der Waals surface area contributed by atoms with Gasteiger partial charge >= 0.3 is 24.7 Å². The number of aryl methyl sites for hydroxylation is 2. The summed E-state index contributed by atoms with van der Waals surface area (Å²) in [6.45, 7) is 5.27. The van der Waals surface area contributed by atoms with E-state index >= 15 is 0 Å². The first-order valence-corrected chi connectivity index (χ1v) is 28.6. The van der Waals surface area contributed by atoms with Crippen molar-refractivity contribution in [3.05, 3.63) is 159 Å². The van der Waals surface area contributed by atoms with Gasteiger partial charge in [-0.1, -0.05) is 36.4 Å². The normalized spacial score (nSPS) is 12.9. The van der Waals surface area contributed by atoms with Gasteiger partial charge in [-0.25, -0.2) is 8.42 Å². The average molecular weight is 1400 g/mol. The summed E-state index contributed by atoms with van der Waals surface area (Å²) in [6.07, 6.45) is -17.3. The van der Waals surface area contributed by atoms with Crippen LogP contribution in [0.3, 0.4) is 0 Å². The molecule has 2 unspecified atom stereocenters. The van der Waals surface area contributed by atoms with E-state index in [1.165, 1.54) is 62.4 Å². The molecule has 6 aromatic rings. The third kappa shape index (κ3) is 17.6. The second kappa shape index (κ2) is 25.9. The molecular weight excluding hydrogens is 1350 g/mol. The van der Waals surface area contributed by atoms with Gasteiger partial charge < -0.3 is 21.3 Å². The molecule has 2 heterocycles. The molecule has 4 N–H and O–H groups in total. The van der Waals surface area contributed by atoms with Crippen molar-refractivity contribution in [2.45, 2.75) is 77.6 Å². The predicted octanol–water partition coefficient (Wildman–Crippen LogP) is 11.9. The summed E-state index contributed by atoms with van der Waals surface area (Å²) >= 11 is 5.39. The van der Waals surface area contributed by atoms with E-state index in [4.69, 9.17) is 0 Å². The quantitative estimate of drug-likeness (QED) is 0.0540. The molecule has 2 aromatic heterocycles. The minimum atomic E-state index is -5.07. The Balaban J connectivity index is 0.000000294. The highest BCUT2D eigenvalue weighted by Gasteiger charge is 2.43. The molecule has 0 spiro atoms. The van der Waals surface area contributed by atoms with Gasteiger partial charge in [-0.15, -0.1) is 0 Å². The molecule has 0 aliphatic rings. The van der Waals surface area contributed by atoms with Crippen LogP contribution in [0.1, 0.15) is 100 Å². The van der Waals surface area contributed by atoms with Gasteiger partial charge in [-0.05, 0) is 138 Å². The van der Waals surface area contributed by atoms with Crippen molar-refractivity contribution in [3.63, 3.8) is 0 Å². The number of nitrogens with one attached hydrogen (secondary N) is 4. The number of carbonyl (C=O) groups is 4. The fourth-order valence-electron chi connectivity index (χ4n) is 7.73. The maximum absolute atomic E-state index is 13.3. The Bertz CT molecular complexity index is 3400. The Morgan fingerprint density at radius 2 is 0.950 bits per heavy atom. The largest absolute Gasteiger partial charge is 0.435 e. The lowest BCUT2D eigenvalue weighted by atomic mass is 10.0. The van der Waals surface area contributed by atoms with E-state index < -0.39 is 100 Å². The molecule has 432 valence electrons. The van der Waals surface area contributed by atoms with Gasteiger partial charge in [-0.3, -0.25) is 28.5 Å². The van der Waals surface area contributed by atoms with Crippen molar-refractivity contribution >= 4 is 102 Å². The van der Waals surface area contributed by atoms with E-state index in [2.05, 4.69) is 31.5 Å². The van der Waals surface area contributed by atoms with Crippen LogP contribution in [0.4, 0.5) is 64.1 Å². The van der Waals surface area contributed by atoms with Gasteiger partial charge in [0.05, 0.1) is 41.1 Å². The van der Waals surface area contributed by atoms with Crippen molar-refractivity contribution in [2.75, 3.05) is 34.7 Å². The maximum Gasteiger partial charge on any atom is 0.435 e. The monoisotopic (exact) mass is 1400 g/mol. The van der Waals surface area contributed by atoms with Crippen molar-refractivity contribution in [3.8, 4) is 0 Å². The number of amides is 4. The Morgan fingerprint density at radius 3 is 1.27 bits per heavy atom. The summed E-state index contributed by atoms with van der Waals surface area (Å²) in [5.74, 6) is -1.97. The van der Waals surface area contributed by atoms with E-state index in [0.29, 0.717) is 29.7 Å². The Labute approximate surface area is 480 Å². The van der Waals surface area contributed by atoms with E-state index in [1.54, 1.807) is 43.0 Å². The molecule has 4 amide bonds. The van der Waals surface area contributed by atoms with Crippen LogP contribution in [-0.2, 0) is 47.6 Å². The lowest BCUT2D eigenvalue weighted by Crippen LogP contribution is -2.38. The number of hydrogen-bond acceptors (Lipinski definition) is 9. The summed E-state index contributed by atoms with van der Waals surface area (Å²) in [5.41, 5.74) is -4.26. The first kappa shape index (κ1) is 64.9. The summed E-state index contributed by atoms with van der Waals surface area (Å²) in [5, 5.41) is 16.9. The number of carbonyl (C=O) groups excluding carboxylic acids is 4. The molecule has 0 radical (unpaired) electrons. The smallest absolute Gasteiger partial charge is 0.349 e. The van der Waals surface area contributed by atoms with E-state index in [9.17, 15) is 80.3 Å². The molecule has 14 nitrogen and oxygen atoms in total. The molecule has 2 atom stereocenters. The van der Waals surface area contributed by atoms with Crippen LogP contribution < -0.4 is 21.3 Å². The third-order valence-corrected chi connectivity index (χ3v) is 14.9. The zero-order valence-electron chi connectivity index (χ0n) is 42.4. The molecule has 0 bridgehead atoms.